The van der Waals surface area contributed by atoms with Gasteiger partial charge < -0.3 is 15.4 Å². The highest BCUT2D eigenvalue weighted by Crippen LogP contribution is 2.15. The third-order valence-corrected chi connectivity index (χ3v) is 3.99. The molecular formula is C18H21N5O2. The van der Waals surface area contributed by atoms with Crippen molar-refractivity contribution < 1.29 is 9.53 Å². The average Bonchev–Trinajstić information content (AvgIpc) is 3.14. The number of ether oxygens (including phenoxy) is 1. The van der Waals surface area contributed by atoms with E-state index in [9.17, 15) is 4.79 Å². The fourth-order valence-electron chi connectivity index (χ4n) is 2.68. The zero-order valence-electron chi connectivity index (χ0n) is 13.9. The summed E-state index contributed by atoms with van der Waals surface area (Å²) in [7, 11) is 0. The van der Waals surface area contributed by atoms with Crippen LogP contribution in [-0.2, 0) is 16.1 Å². The Labute approximate surface area is 146 Å². The molecule has 25 heavy (non-hydrogen) atoms. The molecule has 1 fully saturated rings. The maximum Gasteiger partial charge on any atom is 0.246 e. The molecule has 130 valence electrons. The fraction of sp³-hybridized carbons (Fsp3) is 0.333. The lowest BCUT2D eigenvalue weighted by Gasteiger charge is -2.24. The number of hydrogen-bond acceptors (Lipinski definition) is 6. The number of hydrogen-bond donors (Lipinski definition) is 1. The maximum atomic E-state index is 12.7. The normalized spacial score (nSPS) is 17.0. The Kier molecular flexibility index (Phi) is 5.69. The first-order chi connectivity index (χ1) is 12.2. The molecule has 0 bridgehead atoms. The first kappa shape index (κ1) is 17.0. The van der Waals surface area contributed by atoms with E-state index in [1.165, 1.54) is 6.08 Å². The van der Waals surface area contributed by atoms with Crippen LogP contribution in [0.15, 0.2) is 43.0 Å². The number of rotatable bonds is 6. The molecule has 1 saturated heterocycles. The maximum absolute atomic E-state index is 12.7. The van der Waals surface area contributed by atoms with Crippen molar-refractivity contribution in [1.82, 2.24) is 19.9 Å². The van der Waals surface area contributed by atoms with E-state index < -0.39 is 0 Å². The van der Waals surface area contributed by atoms with Gasteiger partial charge in [-0.3, -0.25) is 9.78 Å². The summed E-state index contributed by atoms with van der Waals surface area (Å²) in [6.07, 6.45) is 12.0. The number of nitrogens with two attached hydrogens (primary N) is 1. The van der Waals surface area contributed by atoms with Gasteiger partial charge in [-0.15, -0.1) is 0 Å². The fourth-order valence-corrected chi connectivity index (χ4v) is 2.68. The monoisotopic (exact) mass is 339 g/mol. The van der Waals surface area contributed by atoms with Crippen LogP contribution in [0.4, 0.5) is 5.95 Å². The summed E-state index contributed by atoms with van der Waals surface area (Å²) < 4.78 is 5.68. The van der Waals surface area contributed by atoms with E-state index in [0.717, 1.165) is 30.6 Å². The zero-order valence-corrected chi connectivity index (χ0v) is 13.9. The van der Waals surface area contributed by atoms with Crippen LogP contribution >= 0.6 is 0 Å². The lowest BCUT2D eigenvalue weighted by Crippen LogP contribution is -2.35. The lowest BCUT2D eigenvalue weighted by molar-refractivity contribution is -0.128. The van der Waals surface area contributed by atoms with Crippen LogP contribution < -0.4 is 5.73 Å². The molecule has 1 amide bonds. The van der Waals surface area contributed by atoms with Crippen LogP contribution in [0.3, 0.4) is 0 Å². The van der Waals surface area contributed by atoms with Crippen LogP contribution in [-0.4, -0.2) is 45.0 Å². The largest absolute Gasteiger partial charge is 0.376 e. The minimum atomic E-state index is -0.0795. The molecule has 3 heterocycles. The van der Waals surface area contributed by atoms with Crippen molar-refractivity contribution in [3.05, 3.63) is 54.1 Å². The predicted molar refractivity (Wildman–Crippen MR) is 94.1 cm³/mol. The van der Waals surface area contributed by atoms with Gasteiger partial charge in [0, 0.05) is 56.1 Å². The number of carbonyl (C=O) groups is 1. The highest BCUT2D eigenvalue weighted by Gasteiger charge is 2.21. The number of aromatic nitrogens is 3. The highest BCUT2D eigenvalue weighted by atomic mass is 16.5. The molecule has 0 aromatic carbocycles. The standard InChI is InChI=1S/C18H21N5O2/c19-18-21-10-15(11-22-18)3-4-17(24)23(13-16-2-1-9-25-16)12-14-5-7-20-8-6-14/h3-8,10-11,16H,1-2,9,12-13H2,(H2,19,21,22). The summed E-state index contributed by atoms with van der Waals surface area (Å²) in [5, 5.41) is 0. The van der Waals surface area contributed by atoms with E-state index >= 15 is 0 Å². The van der Waals surface area contributed by atoms with Gasteiger partial charge in [-0.05, 0) is 36.6 Å². The van der Waals surface area contributed by atoms with Gasteiger partial charge in [0.1, 0.15) is 0 Å². The molecule has 0 radical (unpaired) electrons. The molecule has 1 aliphatic heterocycles. The number of nitrogen functional groups attached to an aromatic ring is 1. The van der Waals surface area contributed by atoms with E-state index in [1.54, 1.807) is 35.8 Å². The molecule has 1 aliphatic rings. The van der Waals surface area contributed by atoms with Crippen LogP contribution in [0.1, 0.15) is 24.0 Å². The number of amides is 1. The first-order valence-corrected chi connectivity index (χ1v) is 8.26. The number of carbonyl (C=O) groups excluding carboxylic acids is 1. The molecule has 2 aromatic heterocycles. The summed E-state index contributed by atoms with van der Waals surface area (Å²) >= 11 is 0. The van der Waals surface area contributed by atoms with Crippen LogP contribution in [0, 0.1) is 0 Å². The van der Waals surface area contributed by atoms with E-state index in [4.69, 9.17) is 10.5 Å². The van der Waals surface area contributed by atoms with Gasteiger partial charge in [-0.1, -0.05) is 0 Å². The molecule has 2 N–H and O–H groups in total. The summed E-state index contributed by atoms with van der Waals surface area (Å²) in [5.74, 6) is 0.130. The Bertz CT molecular complexity index is 712. The number of anilines is 1. The molecule has 7 nitrogen and oxygen atoms in total. The van der Waals surface area contributed by atoms with Crippen molar-refractivity contribution in [2.24, 2.45) is 0 Å². The topological polar surface area (TPSA) is 94.2 Å². The second kappa shape index (κ2) is 8.34. The molecular weight excluding hydrogens is 318 g/mol. The van der Waals surface area contributed by atoms with E-state index in [2.05, 4.69) is 15.0 Å². The summed E-state index contributed by atoms with van der Waals surface area (Å²) in [4.78, 5) is 26.3. The second-order valence-electron chi connectivity index (χ2n) is 5.92. The van der Waals surface area contributed by atoms with Gasteiger partial charge >= 0.3 is 0 Å². The first-order valence-electron chi connectivity index (χ1n) is 8.26. The molecule has 0 aliphatic carbocycles. The van der Waals surface area contributed by atoms with Gasteiger partial charge in [0.15, 0.2) is 0 Å². The average molecular weight is 339 g/mol. The third-order valence-electron chi connectivity index (χ3n) is 3.99. The lowest BCUT2D eigenvalue weighted by atomic mass is 10.2. The van der Waals surface area contributed by atoms with E-state index in [-0.39, 0.29) is 18.0 Å². The van der Waals surface area contributed by atoms with Crippen molar-refractivity contribution in [3.8, 4) is 0 Å². The zero-order chi connectivity index (χ0) is 17.5. The number of pyridine rings is 1. The quantitative estimate of drug-likeness (QED) is 0.805. The molecule has 0 spiro atoms. The summed E-state index contributed by atoms with van der Waals surface area (Å²) in [6.45, 7) is 1.86. The Morgan fingerprint density at radius 2 is 2.08 bits per heavy atom. The summed E-state index contributed by atoms with van der Waals surface area (Å²) in [5.41, 5.74) is 7.23. The summed E-state index contributed by atoms with van der Waals surface area (Å²) in [6, 6.07) is 3.82. The Hall–Kier alpha value is -2.80. The van der Waals surface area contributed by atoms with Gasteiger partial charge in [0.25, 0.3) is 0 Å². The van der Waals surface area contributed by atoms with Gasteiger partial charge in [0.2, 0.25) is 11.9 Å². The van der Waals surface area contributed by atoms with Crippen LogP contribution in [0.5, 0.6) is 0 Å². The highest BCUT2D eigenvalue weighted by molar-refractivity contribution is 5.91. The second-order valence-corrected chi connectivity index (χ2v) is 5.92. The minimum absolute atomic E-state index is 0.0795. The van der Waals surface area contributed by atoms with Gasteiger partial charge in [0.05, 0.1) is 6.10 Å². The van der Waals surface area contributed by atoms with E-state index in [0.29, 0.717) is 13.1 Å². The van der Waals surface area contributed by atoms with Crippen LogP contribution in [0.25, 0.3) is 6.08 Å². The Morgan fingerprint density at radius 1 is 1.32 bits per heavy atom. The number of nitrogens with zero attached hydrogens (tertiary/aromatic N) is 4. The van der Waals surface area contributed by atoms with Crippen LogP contribution in [0.2, 0.25) is 0 Å². The Morgan fingerprint density at radius 3 is 2.76 bits per heavy atom. The van der Waals surface area contributed by atoms with Crippen molar-refractivity contribution in [2.75, 3.05) is 18.9 Å². The molecule has 3 rings (SSSR count). The molecule has 7 heteroatoms. The van der Waals surface area contributed by atoms with Crippen molar-refractivity contribution in [1.29, 1.82) is 0 Å². The van der Waals surface area contributed by atoms with Crippen molar-refractivity contribution >= 4 is 17.9 Å². The molecule has 0 saturated carbocycles. The third kappa shape index (κ3) is 5.09. The molecule has 1 atom stereocenters. The van der Waals surface area contributed by atoms with Crippen molar-refractivity contribution in [2.45, 2.75) is 25.5 Å². The predicted octanol–water partition coefficient (Wildman–Crippen LogP) is 1.67. The SMILES string of the molecule is Nc1ncc(C=CC(=O)N(Cc2ccncc2)CC2CCCO2)cn1. The molecule has 2 aromatic rings. The van der Waals surface area contributed by atoms with Gasteiger partial charge in [-0.25, -0.2) is 9.97 Å². The minimum Gasteiger partial charge on any atom is -0.376 e. The Balaban J connectivity index is 1.70. The van der Waals surface area contributed by atoms with Crippen molar-refractivity contribution in [3.63, 3.8) is 0 Å². The van der Waals surface area contributed by atoms with Gasteiger partial charge in [-0.2, -0.15) is 0 Å². The smallest absolute Gasteiger partial charge is 0.246 e. The molecule has 1 unspecified atom stereocenters. The van der Waals surface area contributed by atoms with E-state index in [1.807, 2.05) is 12.1 Å².